The molecule has 29 heavy (non-hydrogen) atoms. The molecule has 7 nitrogen and oxygen atoms in total. The van der Waals surface area contributed by atoms with Crippen molar-refractivity contribution in [2.24, 2.45) is 5.92 Å². The molecule has 4 rings (SSSR count). The van der Waals surface area contributed by atoms with E-state index in [0.29, 0.717) is 29.5 Å². The lowest BCUT2D eigenvalue weighted by Crippen LogP contribution is -2.36. The van der Waals surface area contributed by atoms with Crippen LogP contribution in [0, 0.1) is 5.92 Å². The second kappa shape index (κ2) is 8.34. The molecule has 0 aliphatic carbocycles. The highest BCUT2D eigenvalue weighted by Gasteiger charge is 2.24. The maximum atomic E-state index is 12.5. The van der Waals surface area contributed by atoms with Crippen LogP contribution in [0.1, 0.15) is 36.5 Å². The van der Waals surface area contributed by atoms with Gasteiger partial charge in [0.2, 0.25) is 11.9 Å². The van der Waals surface area contributed by atoms with E-state index in [9.17, 15) is 9.59 Å². The first-order valence-electron chi connectivity index (χ1n) is 9.84. The van der Waals surface area contributed by atoms with Gasteiger partial charge in [0.05, 0.1) is 11.2 Å². The van der Waals surface area contributed by atoms with Gasteiger partial charge in [0.25, 0.3) is 0 Å². The summed E-state index contributed by atoms with van der Waals surface area (Å²) in [6, 6.07) is 14.8. The normalized spacial score (nSPS) is 14.7. The van der Waals surface area contributed by atoms with E-state index in [2.05, 4.69) is 25.4 Å². The average molecular weight is 389 g/mol. The van der Waals surface area contributed by atoms with Gasteiger partial charge < -0.3 is 10.2 Å². The van der Waals surface area contributed by atoms with Crippen LogP contribution in [0.4, 0.5) is 11.6 Å². The zero-order chi connectivity index (χ0) is 20.2. The van der Waals surface area contributed by atoms with Crippen LogP contribution < -0.4 is 10.2 Å². The van der Waals surface area contributed by atoms with Gasteiger partial charge in [-0.25, -0.2) is 4.98 Å². The number of carbonyl (C=O) groups excluding carboxylic acids is 2. The number of carbonyl (C=O) groups is 2. The van der Waals surface area contributed by atoms with E-state index in [-0.39, 0.29) is 11.7 Å². The monoisotopic (exact) mass is 389 g/mol. The molecule has 0 spiro atoms. The lowest BCUT2D eigenvalue weighted by molar-refractivity contribution is -0.117. The predicted octanol–water partition coefficient (Wildman–Crippen LogP) is 3.47. The van der Waals surface area contributed by atoms with Gasteiger partial charge in [-0.2, -0.15) is 0 Å². The number of rotatable bonds is 5. The number of nitrogens with zero attached hydrogens (tertiary/aromatic N) is 4. The third-order valence-electron chi connectivity index (χ3n) is 5.30. The second-order valence-electron chi connectivity index (χ2n) is 7.39. The Balaban J connectivity index is 1.34. The van der Waals surface area contributed by atoms with Crippen LogP contribution in [0.2, 0.25) is 0 Å². The highest BCUT2D eigenvalue weighted by atomic mass is 16.1. The fourth-order valence-electron chi connectivity index (χ4n) is 3.71. The Kier molecular flexibility index (Phi) is 5.46. The van der Waals surface area contributed by atoms with Gasteiger partial charge in [-0.1, -0.05) is 24.3 Å². The molecule has 7 heteroatoms. The zero-order valence-electron chi connectivity index (χ0n) is 16.3. The fraction of sp³-hybridized carbons (Fsp3) is 0.318. The number of anilines is 2. The van der Waals surface area contributed by atoms with E-state index >= 15 is 0 Å². The highest BCUT2D eigenvalue weighted by Crippen LogP contribution is 2.25. The maximum Gasteiger partial charge on any atom is 0.245 e. The quantitative estimate of drug-likeness (QED) is 0.672. The van der Waals surface area contributed by atoms with Crippen molar-refractivity contribution in [3.63, 3.8) is 0 Å². The topological polar surface area (TPSA) is 88.1 Å². The summed E-state index contributed by atoms with van der Waals surface area (Å²) in [7, 11) is 0. The summed E-state index contributed by atoms with van der Waals surface area (Å²) in [4.78, 5) is 30.9. The van der Waals surface area contributed by atoms with Gasteiger partial charge in [0.15, 0.2) is 5.78 Å². The highest BCUT2D eigenvalue weighted by molar-refractivity contribution is 6.03. The molecular formula is C22H23N5O2. The van der Waals surface area contributed by atoms with E-state index in [1.165, 1.54) is 6.92 Å². The molecule has 1 amide bonds. The molecule has 0 atom stereocenters. The van der Waals surface area contributed by atoms with Crippen LogP contribution in [0.5, 0.6) is 0 Å². The molecule has 148 valence electrons. The molecule has 1 aliphatic rings. The number of hydrogen-bond donors (Lipinski definition) is 1. The Morgan fingerprint density at radius 3 is 2.45 bits per heavy atom. The van der Waals surface area contributed by atoms with Crippen LogP contribution in [-0.2, 0) is 4.79 Å². The number of benzene rings is 2. The third-order valence-corrected chi connectivity index (χ3v) is 5.30. The number of amides is 1. The standard InChI is InChI=1S/C22H23N5O2/c1-15(28)17-6-2-3-7-18(17)23-21(29)14-16-10-12-27(13-11-16)22-24-19-8-4-5-9-20(19)25-26-22/h2-9,16H,10-14H2,1H3,(H,23,29). The van der Waals surface area contributed by atoms with Crippen molar-refractivity contribution in [3.8, 4) is 0 Å². The van der Waals surface area contributed by atoms with E-state index < -0.39 is 0 Å². The molecule has 1 N–H and O–H groups in total. The largest absolute Gasteiger partial charge is 0.339 e. The summed E-state index contributed by atoms with van der Waals surface area (Å²) in [6.07, 6.45) is 2.22. The number of aromatic nitrogens is 3. The summed E-state index contributed by atoms with van der Waals surface area (Å²) < 4.78 is 0. The minimum Gasteiger partial charge on any atom is -0.339 e. The van der Waals surface area contributed by atoms with Crippen molar-refractivity contribution in [2.45, 2.75) is 26.2 Å². The van der Waals surface area contributed by atoms with Gasteiger partial charge in [0, 0.05) is 25.1 Å². The number of Topliss-reactive ketones (excluding diaryl/α,β-unsaturated/α-hetero) is 1. The summed E-state index contributed by atoms with van der Waals surface area (Å²) in [5.41, 5.74) is 2.74. The van der Waals surface area contributed by atoms with Gasteiger partial charge in [-0.3, -0.25) is 9.59 Å². The number of para-hydroxylation sites is 2. The Bertz CT molecular complexity index is 1040. The SMILES string of the molecule is CC(=O)c1ccccc1NC(=O)CC1CCN(c2nnc3ccccc3n2)CC1. The summed E-state index contributed by atoms with van der Waals surface area (Å²) in [6.45, 7) is 3.09. The van der Waals surface area contributed by atoms with Crippen molar-refractivity contribution in [3.05, 3.63) is 54.1 Å². The van der Waals surface area contributed by atoms with Crippen molar-refractivity contribution in [1.29, 1.82) is 0 Å². The Morgan fingerprint density at radius 2 is 1.69 bits per heavy atom. The van der Waals surface area contributed by atoms with Gasteiger partial charge in [0.1, 0.15) is 5.52 Å². The van der Waals surface area contributed by atoms with E-state index in [4.69, 9.17) is 0 Å². The van der Waals surface area contributed by atoms with Gasteiger partial charge >= 0.3 is 0 Å². The van der Waals surface area contributed by atoms with Crippen LogP contribution in [0.3, 0.4) is 0 Å². The van der Waals surface area contributed by atoms with Crippen LogP contribution in [0.15, 0.2) is 48.5 Å². The molecule has 1 aliphatic heterocycles. The second-order valence-corrected chi connectivity index (χ2v) is 7.39. The minimum atomic E-state index is -0.0572. The third kappa shape index (κ3) is 4.39. The van der Waals surface area contributed by atoms with E-state index in [1.807, 2.05) is 30.3 Å². The first-order valence-corrected chi connectivity index (χ1v) is 9.84. The van der Waals surface area contributed by atoms with Crippen molar-refractivity contribution >= 4 is 34.4 Å². The fourth-order valence-corrected chi connectivity index (χ4v) is 3.71. The van der Waals surface area contributed by atoms with E-state index in [1.54, 1.807) is 18.2 Å². The first kappa shape index (κ1) is 19.0. The lowest BCUT2D eigenvalue weighted by atomic mass is 9.93. The smallest absolute Gasteiger partial charge is 0.245 e. The van der Waals surface area contributed by atoms with Crippen molar-refractivity contribution in [1.82, 2.24) is 15.2 Å². The number of nitrogens with one attached hydrogen (secondary N) is 1. The first-order chi connectivity index (χ1) is 14.1. The molecule has 3 aromatic rings. The minimum absolute atomic E-state index is 0.0548. The molecular weight excluding hydrogens is 366 g/mol. The molecule has 0 saturated carbocycles. The van der Waals surface area contributed by atoms with Gasteiger partial charge in [-0.15, -0.1) is 10.2 Å². The number of ketones is 1. The molecule has 1 saturated heterocycles. The maximum absolute atomic E-state index is 12.5. The lowest BCUT2D eigenvalue weighted by Gasteiger charge is -2.31. The predicted molar refractivity (Wildman–Crippen MR) is 112 cm³/mol. The average Bonchev–Trinajstić information content (AvgIpc) is 2.74. The Morgan fingerprint density at radius 1 is 1.00 bits per heavy atom. The molecule has 0 radical (unpaired) electrons. The molecule has 2 aromatic carbocycles. The summed E-state index contributed by atoms with van der Waals surface area (Å²) in [5.74, 6) is 0.824. The summed E-state index contributed by atoms with van der Waals surface area (Å²) >= 11 is 0. The van der Waals surface area contributed by atoms with Crippen LogP contribution in [0.25, 0.3) is 11.0 Å². The summed E-state index contributed by atoms with van der Waals surface area (Å²) in [5, 5.41) is 11.4. The molecule has 0 unspecified atom stereocenters. The van der Waals surface area contributed by atoms with Gasteiger partial charge in [-0.05, 0) is 49.9 Å². The Labute approximate surface area is 169 Å². The molecule has 0 bridgehead atoms. The van der Waals surface area contributed by atoms with Crippen molar-refractivity contribution < 1.29 is 9.59 Å². The Hall–Kier alpha value is -3.35. The molecule has 1 fully saturated rings. The van der Waals surface area contributed by atoms with E-state index in [0.717, 1.165) is 37.0 Å². The molecule has 2 heterocycles. The molecule has 1 aromatic heterocycles. The number of piperidine rings is 1. The van der Waals surface area contributed by atoms with Crippen LogP contribution in [-0.4, -0.2) is 40.0 Å². The van der Waals surface area contributed by atoms with Crippen molar-refractivity contribution in [2.75, 3.05) is 23.3 Å². The number of hydrogen-bond acceptors (Lipinski definition) is 6. The van der Waals surface area contributed by atoms with Crippen LogP contribution >= 0.6 is 0 Å². The zero-order valence-corrected chi connectivity index (χ0v) is 16.3. The number of fused-ring (bicyclic) bond motifs is 1.